The number of nitrogens with two attached hydrogens (primary N) is 1. The Morgan fingerprint density at radius 2 is 2.26 bits per heavy atom. The number of nitrogens with one attached hydrogen (secondary N) is 1. The highest BCUT2D eigenvalue weighted by atomic mass is 32.2. The van der Waals surface area contributed by atoms with Gasteiger partial charge in [-0.2, -0.15) is 4.31 Å². The van der Waals surface area contributed by atoms with Gasteiger partial charge in [0.1, 0.15) is 0 Å². The van der Waals surface area contributed by atoms with Gasteiger partial charge >= 0.3 is 0 Å². The van der Waals surface area contributed by atoms with E-state index < -0.39 is 46.1 Å². The van der Waals surface area contributed by atoms with Gasteiger partial charge < -0.3 is 11.1 Å². The van der Waals surface area contributed by atoms with Crippen LogP contribution < -0.4 is 11.1 Å². The van der Waals surface area contributed by atoms with Crippen molar-refractivity contribution < 1.29 is 25.5 Å². The van der Waals surface area contributed by atoms with Crippen LogP contribution in [0.2, 0.25) is 0 Å². The van der Waals surface area contributed by atoms with E-state index in [2.05, 4.69) is 10.3 Å². The molecule has 0 radical (unpaired) electrons. The number of hydrogen-bond donors (Lipinski definition) is 2. The molecule has 0 saturated carbocycles. The summed E-state index contributed by atoms with van der Waals surface area (Å²) < 4.78 is 42.7. The maximum atomic E-state index is 12.8. The zero-order valence-corrected chi connectivity index (χ0v) is 15.7. The number of sulfonamides is 1. The molecule has 0 spiro atoms. The summed E-state index contributed by atoms with van der Waals surface area (Å²) in [5, 5.41) is 1.99. The summed E-state index contributed by atoms with van der Waals surface area (Å²) in [6, 6.07) is 2.13. The number of pyridine rings is 1. The van der Waals surface area contributed by atoms with Crippen LogP contribution in [0.4, 0.5) is 0 Å². The largest absolute Gasteiger partial charge is 0.369 e. The fourth-order valence-electron chi connectivity index (χ4n) is 2.46. The number of carbonyl (C=O) groups excluding carboxylic acids is 3. The molecule has 1 saturated heterocycles. The second-order valence-electron chi connectivity index (χ2n) is 6.25. The molecule has 2 heterocycles. The zero-order valence-electron chi connectivity index (χ0n) is 16.9. The molecule has 1 aliphatic rings. The van der Waals surface area contributed by atoms with Crippen LogP contribution in [0.15, 0.2) is 29.4 Å². The molecule has 0 aromatic carbocycles. The van der Waals surface area contributed by atoms with E-state index in [1.807, 2.05) is 0 Å². The van der Waals surface area contributed by atoms with Crippen LogP contribution in [0.3, 0.4) is 0 Å². The first-order valence-corrected chi connectivity index (χ1v) is 9.93. The lowest BCUT2D eigenvalue weighted by atomic mass is 10.0. The lowest BCUT2D eigenvalue weighted by molar-refractivity contribution is -0.128. The number of primary amides is 1. The molecule has 2 rings (SSSR count). The third-order valence-electron chi connectivity index (χ3n) is 4.16. The molecule has 27 heavy (non-hydrogen) atoms. The van der Waals surface area contributed by atoms with Gasteiger partial charge in [0, 0.05) is 25.1 Å². The summed E-state index contributed by atoms with van der Waals surface area (Å²) in [5.74, 6) is -2.80. The fraction of sp³-hybridized carbons (Fsp3) is 0.529. The van der Waals surface area contributed by atoms with Gasteiger partial charge in [0.25, 0.3) is 10.0 Å². The Balaban J connectivity index is 2.15. The second kappa shape index (κ2) is 9.05. The Bertz CT molecular complexity index is 883. The molecule has 2 amide bonds. The molecule has 0 aliphatic carbocycles. The SMILES string of the molecule is [2H]C1C(=O)[C@@]([2H])(NC(=O)CCC(C)C(N)=O)CCCN1S(=O)(=O)c1ccccn1. The number of Topliss-reactive ketones (excluding diaryl/α,β-unsaturated/α-hetero) is 1. The van der Waals surface area contributed by atoms with Crippen LogP contribution in [-0.4, -0.2) is 54.4 Å². The van der Waals surface area contributed by atoms with Crippen LogP contribution in [-0.2, 0) is 24.4 Å². The van der Waals surface area contributed by atoms with Crippen molar-refractivity contribution in [1.29, 1.82) is 0 Å². The van der Waals surface area contributed by atoms with Gasteiger partial charge in [-0.1, -0.05) is 13.0 Å². The minimum Gasteiger partial charge on any atom is -0.369 e. The lowest BCUT2D eigenvalue weighted by Crippen LogP contribution is -2.44. The lowest BCUT2D eigenvalue weighted by Gasteiger charge is -2.19. The number of carbonyl (C=O) groups is 3. The van der Waals surface area contributed by atoms with Crippen molar-refractivity contribution in [1.82, 2.24) is 14.6 Å². The predicted molar refractivity (Wildman–Crippen MR) is 96.8 cm³/mol. The Kier molecular flexibility index (Phi) is 6.05. The molecule has 1 aliphatic heterocycles. The molecule has 1 aromatic rings. The van der Waals surface area contributed by atoms with Gasteiger partial charge in [0.05, 0.1) is 15.3 Å². The molecular formula is C17H24N4O5S. The van der Waals surface area contributed by atoms with E-state index in [9.17, 15) is 22.8 Å². The summed E-state index contributed by atoms with van der Waals surface area (Å²) in [6.07, 6.45) is 1.25. The minimum atomic E-state index is -4.21. The van der Waals surface area contributed by atoms with Crippen LogP contribution in [0, 0.1) is 5.92 Å². The average molecular weight is 398 g/mol. The van der Waals surface area contributed by atoms with Crippen molar-refractivity contribution in [3.05, 3.63) is 24.4 Å². The number of nitrogens with zero attached hydrogens (tertiary/aromatic N) is 2. The van der Waals surface area contributed by atoms with Gasteiger partial charge in [0.2, 0.25) is 11.8 Å². The number of hydrogen-bond acceptors (Lipinski definition) is 6. The summed E-state index contributed by atoms with van der Waals surface area (Å²) in [4.78, 5) is 39.8. The van der Waals surface area contributed by atoms with E-state index in [1.54, 1.807) is 6.92 Å². The monoisotopic (exact) mass is 398 g/mol. The first kappa shape index (κ1) is 18.1. The Morgan fingerprint density at radius 3 is 2.89 bits per heavy atom. The molecule has 9 nitrogen and oxygen atoms in total. The number of rotatable bonds is 7. The molecule has 1 fully saturated rings. The normalized spacial score (nSPS) is 26.4. The van der Waals surface area contributed by atoms with Crippen molar-refractivity contribution in [2.75, 3.05) is 13.1 Å². The quantitative estimate of drug-likeness (QED) is 0.653. The van der Waals surface area contributed by atoms with Gasteiger partial charge in [0.15, 0.2) is 10.8 Å². The first-order chi connectivity index (χ1) is 13.5. The van der Waals surface area contributed by atoms with Crippen molar-refractivity contribution in [2.45, 2.75) is 43.7 Å². The highest BCUT2D eigenvalue weighted by Crippen LogP contribution is 2.18. The third-order valence-corrected chi connectivity index (χ3v) is 5.83. The highest BCUT2D eigenvalue weighted by Gasteiger charge is 2.33. The van der Waals surface area contributed by atoms with Gasteiger partial charge in [-0.25, -0.2) is 13.4 Å². The number of aromatic nitrogens is 1. The minimum absolute atomic E-state index is 0.0919. The number of ketones is 1. The predicted octanol–water partition coefficient (Wildman–Crippen LogP) is -0.178. The summed E-state index contributed by atoms with van der Waals surface area (Å²) in [5.41, 5.74) is 5.14. The Morgan fingerprint density at radius 1 is 1.52 bits per heavy atom. The smallest absolute Gasteiger partial charge is 0.260 e. The van der Waals surface area contributed by atoms with Crippen molar-refractivity contribution in [3.63, 3.8) is 0 Å². The molecule has 1 aromatic heterocycles. The fourth-order valence-corrected chi connectivity index (χ4v) is 3.75. The first-order valence-electron chi connectivity index (χ1n) is 9.56. The highest BCUT2D eigenvalue weighted by molar-refractivity contribution is 7.89. The molecular weight excluding hydrogens is 372 g/mol. The van der Waals surface area contributed by atoms with Crippen LogP contribution in [0.5, 0.6) is 0 Å². The van der Waals surface area contributed by atoms with E-state index in [0.717, 1.165) is 0 Å². The topological polar surface area (TPSA) is 140 Å². The van der Waals surface area contributed by atoms with Crippen LogP contribution in [0.25, 0.3) is 0 Å². The standard InChI is InChI=1S/C17H24N4O5S/c1-12(17(18)24)7-8-15(23)20-13-5-4-10-21(11-14(13)22)27(25,26)16-6-2-3-9-19-16/h2-3,6,9,12-13H,4-5,7-8,10-11H2,1H3,(H2,18,24)(H,20,23)/t12?,13-/m0/s1/i11D,13D/t11?,12?,13-. The zero-order chi connectivity index (χ0) is 21.8. The van der Waals surface area contributed by atoms with Crippen molar-refractivity contribution in [2.24, 2.45) is 11.7 Å². The summed E-state index contributed by atoms with van der Waals surface area (Å²) in [7, 11) is -4.21. The maximum absolute atomic E-state index is 12.8. The third kappa shape index (κ3) is 5.57. The van der Waals surface area contributed by atoms with Gasteiger partial charge in [-0.15, -0.1) is 0 Å². The Hall–Kier alpha value is -2.33. The van der Waals surface area contributed by atoms with E-state index >= 15 is 0 Å². The van der Waals surface area contributed by atoms with Crippen LogP contribution >= 0.6 is 0 Å². The number of amides is 2. The van der Waals surface area contributed by atoms with E-state index in [-0.39, 0.29) is 37.3 Å². The molecule has 148 valence electrons. The molecule has 3 atom stereocenters. The maximum Gasteiger partial charge on any atom is 0.260 e. The van der Waals surface area contributed by atoms with Gasteiger partial charge in [-0.3, -0.25) is 14.4 Å². The van der Waals surface area contributed by atoms with Gasteiger partial charge in [-0.05, 0) is 31.4 Å². The van der Waals surface area contributed by atoms with E-state index in [1.165, 1.54) is 24.4 Å². The molecule has 0 bridgehead atoms. The van der Waals surface area contributed by atoms with Crippen LogP contribution in [0.1, 0.15) is 35.3 Å². The Labute approximate surface area is 161 Å². The second-order valence-corrected chi connectivity index (χ2v) is 8.09. The van der Waals surface area contributed by atoms with E-state index in [0.29, 0.717) is 4.31 Å². The average Bonchev–Trinajstić information content (AvgIpc) is 2.78. The summed E-state index contributed by atoms with van der Waals surface area (Å²) >= 11 is 0. The molecule has 10 heteroatoms. The van der Waals surface area contributed by atoms with Crippen molar-refractivity contribution >= 4 is 27.6 Å². The van der Waals surface area contributed by atoms with E-state index in [4.69, 9.17) is 8.48 Å². The summed E-state index contributed by atoms with van der Waals surface area (Å²) in [6.45, 7) is -0.497. The molecule has 3 N–H and O–H groups in total. The molecule has 2 unspecified atom stereocenters. The van der Waals surface area contributed by atoms with Crippen molar-refractivity contribution in [3.8, 4) is 0 Å².